The minimum Gasteiger partial charge on any atom is -0.508 e. The largest absolute Gasteiger partial charge is 0.508 e. The Bertz CT molecular complexity index is 1270. The predicted octanol–water partition coefficient (Wildman–Crippen LogP) is 4.28. The molecule has 0 saturated carbocycles. The molecule has 31 heavy (non-hydrogen) atoms. The van der Waals surface area contributed by atoms with Crippen LogP contribution in [0, 0.1) is 6.92 Å². The monoisotopic (exact) mass is 414 g/mol. The second-order valence-electron chi connectivity index (χ2n) is 8.25. The Morgan fingerprint density at radius 1 is 1.00 bits per heavy atom. The lowest BCUT2D eigenvalue weighted by Crippen LogP contribution is -2.30. The number of nitrogens with one attached hydrogen (secondary N) is 1. The number of aryl methyl sites for hydroxylation is 1. The summed E-state index contributed by atoms with van der Waals surface area (Å²) in [6.45, 7) is 3.89. The van der Waals surface area contributed by atoms with Crippen LogP contribution in [-0.2, 0) is 6.42 Å². The molecule has 5 rings (SSSR count). The molecule has 0 radical (unpaired) electrons. The van der Waals surface area contributed by atoms with Crippen molar-refractivity contribution >= 4 is 11.3 Å². The van der Waals surface area contributed by atoms with E-state index in [0.29, 0.717) is 12.0 Å². The van der Waals surface area contributed by atoms with Crippen LogP contribution in [0.2, 0.25) is 0 Å². The molecule has 6 heteroatoms. The first-order valence-corrected chi connectivity index (χ1v) is 10.8. The summed E-state index contributed by atoms with van der Waals surface area (Å²) in [5, 5.41) is 14.4. The summed E-state index contributed by atoms with van der Waals surface area (Å²) in [6, 6.07) is 17.1. The molecule has 2 aromatic heterocycles. The quantitative estimate of drug-likeness (QED) is 0.523. The summed E-state index contributed by atoms with van der Waals surface area (Å²) in [5.74, 6) is 0.218. The number of phenolic OH excluding ortho intramolecular Hbond substituents is 1. The fourth-order valence-electron chi connectivity index (χ4n) is 4.44. The molecule has 4 aromatic rings. The Kier molecular flexibility index (Phi) is 4.98. The zero-order chi connectivity index (χ0) is 21.4. The molecule has 6 nitrogen and oxygen atoms in total. The fraction of sp³-hybridized carbons (Fsp3) is 0.280. The lowest BCUT2D eigenvalue weighted by atomic mass is 10.0. The number of hydrogen-bond acceptors (Lipinski definition) is 4. The molecule has 0 unspecified atom stereocenters. The summed E-state index contributed by atoms with van der Waals surface area (Å²) in [7, 11) is 0. The molecule has 2 aromatic carbocycles. The maximum atomic E-state index is 13.5. The molecule has 0 spiro atoms. The van der Waals surface area contributed by atoms with E-state index in [1.54, 1.807) is 12.1 Å². The predicted molar refractivity (Wildman–Crippen MR) is 123 cm³/mol. The number of hydrogen-bond donors (Lipinski definition) is 2. The summed E-state index contributed by atoms with van der Waals surface area (Å²) in [6.07, 6.45) is 4.01. The number of phenols is 1. The van der Waals surface area contributed by atoms with Crippen LogP contribution in [0.3, 0.4) is 0 Å². The lowest BCUT2D eigenvalue weighted by Gasteiger charge is -2.28. The molecule has 0 aliphatic carbocycles. The van der Waals surface area contributed by atoms with Gasteiger partial charge in [-0.1, -0.05) is 42.5 Å². The number of aromatic amines is 1. The van der Waals surface area contributed by atoms with Crippen LogP contribution in [0.1, 0.15) is 36.1 Å². The molecule has 1 aliphatic heterocycles. The SMILES string of the molecule is Cc1[nH]c2c(N3CCCCC3)c(-c3ccccc3)nn2c(=O)c1Cc1ccc(O)cc1. The molecule has 1 fully saturated rings. The summed E-state index contributed by atoms with van der Waals surface area (Å²) < 4.78 is 1.54. The average molecular weight is 415 g/mol. The van der Waals surface area contributed by atoms with Crippen LogP contribution < -0.4 is 10.5 Å². The normalized spacial score (nSPS) is 14.3. The van der Waals surface area contributed by atoms with Crippen molar-refractivity contribution in [2.24, 2.45) is 0 Å². The van der Waals surface area contributed by atoms with Gasteiger partial charge in [-0.05, 0) is 43.9 Å². The number of benzene rings is 2. The van der Waals surface area contributed by atoms with Gasteiger partial charge in [-0.15, -0.1) is 0 Å². The van der Waals surface area contributed by atoms with Crippen LogP contribution in [0.4, 0.5) is 5.69 Å². The molecular formula is C25H26N4O2. The molecular weight excluding hydrogens is 388 g/mol. The van der Waals surface area contributed by atoms with Gasteiger partial charge in [0, 0.05) is 36.3 Å². The number of H-pyrrole nitrogens is 1. The van der Waals surface area contributed by atoms with E-state index in [0.717, 1.165) is 59.8 Å². The van der Waals surface area contributed by atoms with Crippen molar-refractivity contribution in [2.45, 2.75) is 32.6 Å². The molecule has 158 valence electrons. The number of aromatic hydroxyl groups is 1. The Labute approximate surface area is 180 Å². The second-order valence-corrected chi connectivity index (χ2v) is 8.25. The van der Waals surface area contributed by atoms with E-state index in [2.05, 4.69) is 9.88 Å². The summed E-state index contributed by atoms with van der Waals surface area (Å²) >= 11 is 0. The standard InChI is InChI=1S/C25H26N4O2/c1-17-21(16-18-10-12-20(30)13-11-18)25(31)29-24(26-17)23(28-14-6-3-7-15-28)22(27-29)19-8-4-2-5-9-19/h2,4-5,8-13,26,30H,3,6-7,14-16H2,1H3. The third kappa shape index (κ3) is 3.58. The summed E-state index contributed by atoms with van der Waals surface area (Å²) in [4.78, 5) is 19.4. The highest BCUT2D eigenvalue weighted by Gasteiger charge is 2.25. The molecule has 1 aliphatic rings. The third-order valence-electron chi connectivity index (χ3n) is 6.11. The van der Waals surface area contributed by atoms with Crippen molar-refractivity contribution < 1.29 is 5.11 Å². The molecule has 2 N–H and O–H groups in total. The van der Waals surface area contributed by atoms with Crippen molar-refractivity contribution in [1.82, 2.24) is 14.6 Å². The van der Waals surface area contributed by atoms with E-state index in [9.17, 15) is 9.90 Å². The van der Waals surface area contributed by atoms with Crippen molar-refractivity contribution in [3.8, 4) is 17.0 Å². The van der Waals surface area contributed by atoms with Crippen LogP contribution >= 0.6 is 0 Å². The van der Waals surface area contributed by atoms with Gasteiger partial charge in [0.15, 0.2) is 5.65 Å². The van der Waals surface area contributed by atoms with Gasteiger partial charge in [0.05, 0.1) is 0 Å². The average Bonchev–Trinajstić information content (AvgIpc) is 3.18. The zero-order valence-corrected chi connectivity index (χ0v) is 17.6. The van der Waals surface area contributed by atoms with Crippen LogP contribution in [0.25, 0.3) is 16.9 Å². The van der Waals surface area contributed by atoms with Gasteiger partial charge >= 0.3 is 0 Å². The van der Waals surface area contributed by atoms with Crippen molar-refractivity contribution in [2.75, 3.05) is 18.0 Å². The van der Waals surface area contributed by atoms with E-state index in [1.807, 2.05) is 49.4 Å². The van der Waals surface area contributed by atoms with Crippen molar-refractivity contribution in [3.05, 3.63) is 81.8 Å². The number of anilines is 1. The van der Waals surface area contributed by atoms with Gasteiger partial charge in [-0.3, -0.25) is 4.79 Å². The third-order valence-corrected chi connectivity index (χ3v) is 6.11. The minimum atomic E-state index is -0.0974. The first-order chi connectivity index (χ1) is 15.1. The molecule has 3 heterocycles. The van der Waals surface area contributed by atoms with Crippen LogP contribution in [-0.4, -0.2) is 32.8 Å². The number of fused-ring (bicyclic) bond motifs is 1. The highest BCUT2D eigenvalue weighted by molar-refractivity contribution is 5.86. The first kappa shape index (κ1) is 19.4. The lowest BCUT2D eigenvalue weighted by molar-refractivity contribution is 0.475. The van der Waals surface area contributed by atoms with Crippen molar-refractivity contribution in [3.63, 3.8) is 0 Å². The summed E-state index contributed by atoms with van der Waals surface area (Å²) in [5.41, 5.74) is 6.04. The van der Waals surface area contributed by atoms with Gasteiger partial charge in [0.2, 0.25) is 0 Å². The highest BCUT2D eigenvalue weighted by Crippen LogP contribution is 2.34. The first-order valence-electron chi connectivity index (χ1n) is 10.8. The van der Waals surface area contributed by atoms with E-state index in [-0.39, 0.29) is 11.3 Å². The van der Waals surface area contributed by atoms with Crippen LogP contribution in [0.15, 0.2) is 59.4 Å². The molecule has 0 bridgehead atoms. The van der Waals surface area contributed by atoms with Gasteiger partial charge in [0.1, 0.15) is 17.1 Å². The Morgan fingerprint density at radius 2 is 1.71 bits per heavy atom. The molecule has 1 saturated heterocycles. The maximum Gasteiger partial charge on any atom is 0.278 e. The topological polar surface area (TPSA) is 73.6 Å². The fourth-order valence-corrected chi connectivity index (χ4v) is 4.44. The zero-order valence-electron chi connectivity index (χ0n) is 17.6. The Balaban J connectivity index is 1.69. The molecule has 0 atom stereocenters. The number of rotatable bonds is 4. The van der Waals surface area contributed by atoms with Gasteiger partial charge in [-0.25, -0.2) is 0 Å². The van der Waals surface area contributed by atoms with E-state index < -0.39 is 0 Å². The second kappa shape index (κ2) is 7.95. The highest BCUT2D eigenvalue weighted by atomic mass is 16.3. The van der Waals surface area contributed by atoms with E-state index in [1.165, 1.54) is 10.9 Å². The van der Waals surface area contributed by atoms with Crippen LogP contribution in [0.5, 0.6) is 5.75 Å². The van der Waals surface area contributed by atoms with Gasteiger partial charge in [-0.2, -0.15) is 9.61 Å². The number of nitrogens with zero attached hydrogens (tertiary/aromatic N) is 3. The maximum absolute atomic E-state index is 13.5. The minimum absolute atomic E-state index is 0.0974. The van der Waals surface area contributed by atoms with E-state index in [4.69, 9.17) is 5.10 Å². The number of piperidine rings is 1. The Morgan fingerprint density at radius 3 is 2.42 bits per heavy atom. The molecule has 0 amide bonds. The number of aromatic nitrogens is 3. The van der Waals surface area contributed by atoms with E-state index >= 15 is 0 Å². The van der Waals surface area contributed by atoms with Gasteiger partial charge in [0.25, 0.3) is 5.56 Å². The smallest absolute Gasteiger partial charge is 0.278 e. The van der Waals surface area contributed by atoms with Crippen molar-refractivity contribution in [1.29, 1.82) is 0 Å². The Hall–Kier alpha value is -3.54. The van der Waals surface area contributed by atoms with Gasteiger partial charge < -0.3 is 15.0 Å².